The van der Waals surface area contributed by atoms with Gasteiger partial charge in [-0.1, -0.05) is 6.92 Å². The molecule has 0 aliphatic heterocycles. The Morgan fingerprint density at radius 3 is 2.12 bits per heavy atom. The van der Waals surface area contributed by atoms with Crippen LogP contribution in [0.15, 0.2) is 24.3 Å². The Labute approximate surface area is 98.3 Å². The van der Waals surface area contributed by atoms with Gasteiger partial charge in [0.1, 0.15) is 0 Å². The number of carbonyl (C=O) groups excluding carboxylic acids is 1. The molecule has 0 saturated heterocycles. The molecule has 0 heterocycles. The van der Waals surface area contributed by atoms with Gasteiger partial charge in [-0.25, -0.2) is 0 Å². The molecule has 0 fully saturated rings. The summed E-state index contributed by atoms with van der Waals surface area (Å²) >= 11 is 0. The molecule has 0 radical (unpaired) electrons. The fourth-order valence-corrected chi connectivity index (χ4v) is 1.89. The highest BCUT2D eigenvalue weighted by atomic mass is 16.1. The first-order valence-electron chi connectivity index (χ1n) is 6.00. The van der Waals surface area contributed by atoms with Crippen LogP contribution in [0.1, 0.15) is 44.5 Å². The lowest BCUT2D eigenvalue weighted by molar-refractivity contribution is 0.0988. The molecule has 1 rings (SSSR count). The van der Waals surface area contributed by atoms with Crippen molar-refractivity contribution in [2.24, 2.45) is 0 Å². The average molecular weight is 219 g/mol. The van der Waals surface area contributed by atoms with Gasteiger partial charge in [0, 0.05) is 30.3 Å². The van der Waals surface area contributed by atoms with E-state index in [1.165, 1.54) is 5.69 Å². The second kappa shape index (κ2) is 5.69. The van der Waals surface area contributed by atoms with Crippen LogP contribution in [-0.2, 0) is 0 Å². The molecule has 2 nitrogen and oxygen atoms in total. The fraction of sp³-hybridized carbons (Fsp3) is 0.500. The van der Waals surface area contributed by atoms with E-state index in [2.05, 4.69) is 25.7 Å². The fourth-order valence-electron chi connectivity index (χ4n) is 1.89. The van der Waals surface area contributed by atoms with Gasteiger partial charge in [0.25, 0.3) is 0 Å². The van der Waals surface area contributed by atoms with Crippen molar-refractivity contribution < 1.29 is 4.79 Å². The van der Waals surface area contributed by atoms with Crippen LogP contribution in [0.4, 0.5) is 5.69 Å². The number of hydrogen-bond donors (Lipinski definition) is 0. The first kappa shape index (κ1) is 12.8. The number of rotatable bonds is 5. The molecule has 0 N–H and O–H groups in total. The van der Waals surface area contributed by atoms with Crippen LogP contribution in [-0.4, -0.2) is 18.4 Å². The summed E-state index contributed by atoms with van der Waals surface area (Å²) in [5.41, 5.74) is 2.00. The van der Waals surface area contributed by atoms with E-state index >= 15 is 0 Å². The molecule has 0 saturated carbocycles. The Bertz CT molecular complexity index is 340. The van der Waals surface area contributed by atoms with Crippen LogP contribution in [0.5, 0.6) is 0 Å². The van der Waals surface area contributed by atoms with Crippen molar-refractivity contribution in [1.29, 1.82) is 0 Å². The maximum absolute atomic E-state index is 11.5. The SMILES string of the molecule is CCC(=O)c1ccc(N(CC)C(C)C)cc1. The summed E-state index contributed by atoms with van der Waals surface area (Å²) in [6.45, 7) is 9.37. The van der Waals surface area contributed by atoms with E-state index in [0.29, 0.717) is 12.5 Å². The summed E-state index contributed by atoms with van der Waals surface area (Å²) in [5, 5.41) is 0. The third kappa shape index (κ3) is 2.84. The van der Waals surface area contributed by atoms with E-state index in [1.807, 2.05) is 31.2 Å². The Morgan fingerprint density at radius 1 is 1.19 bits per heavy atom. The molecule has 88 valence electrons. The maximum atomic E-state index is 11.5. The molecule has 1 aromatic carbocycles. The third-order valence-corrected chi connectivity index (χ3v) is 2.81. The summed E-state index contributed by atoms with van der Waals surface area (Å²) in [6, 6.07) is 8.40. The van der Waals surface area contributed by atoms with Crippen LogP contribution >= 0.6 is 0 Å². The quantitative estimate of drug-likeness (QED) is 0.706. The maximum Gasteiger partial charge on any atom is 0.162 e. The van der Waals surface area contributed by atoms with Crippen molar-refractivity contribution in [2.75, 3.05) is 11.4 Å². The Balaban J connectivity index is 2.89. The summed E-state index contributed by atoms with van der Waals surface area (Å²) in [6.07, 6.45) is 0.570. The van der Waals surface area contributed by atoms with E-state index in [9.17, 15) is 4.79 Å². The number of anilines is 1. The van der Waals surface area contributed by atoms with Gasteiger partial charge >= 0.3 is 0 Å². The molecule has 2 heteroatoms. The van der Waals surface area contributed by atoms with Gasteiger partial charge < -0.3 is 4.90 Å². The van der Waals surface area contributed by atoms with Crippen LogP contribution < -0.4 is 4.90 Å². The van der Waals surface area contributed by atoms with E-state index in [0.717, 1.165) is 12.1 Å². The predicted octanol–water partition coefficient (Wildman–Crippen LogP) is 3.51. The minimum absolute atomic E-state index is 0.208. The molecular weight excluding hydrogens is 198 g/mol. The van der Waals surface area contributed by atoms with Crippen molar-refractivity contribution in [3.8, 4) is 0 Å². The standard InChI is InChI=1S/C14H21NO/c1-5-14(16)12-7-9-13(10-8-12)15(6-2)11(3)4/h7-11H,5-6H2,1-4H3. The van der Waals surface area contributed by atoms with Crippen LogP contribution in [0.25, 0.3) is 0 Å². The highest BCUT2D eigenvalue weighted by molar-refractivity contribution is 5.96. The second-order valence-electron chi connectivity index (χ2n) is 4.20. The lowest BCUT2D eigenvalue weighted by Gasteiger charge is -2.27. The summed E-state index contributed by atoms with van der Waals surface area (Å²) in [5.74, 6) is 0.208. The minimum Gasteiger partial charge on any atom is -0.369 e. The number of ketones is 1. The number of Topliss-reactive ketones (excluding diaryl/α,β-unsaturated/α-hetero) is 1. The van der Waals surface area contributed by atoms with Gasteiger partial charge in [-0.2, -0.15) is 0 Å². The second-order valence-corrected chi connectivity index (χ2v) is 4.20. The van der Waals surface area contributed by atoms with E-state index in [1.54, 1.807) is 0 Å². The Morgan fingerprint density at radius 2 is 1.75 bits per heavy atom. The lowest BCUT2D eigenvalue weighted by Crippen LogP contribution is -2.30. The van der Waals surface area contributed by atoms with Gasteiger partial charge in [0.15, 0.2) is 5.78 Å². The van der Waals surface area contributed by atoms with E-state index < -0.39 is 0 Å². The molecule has 16 heavy (non-hydrogen) atoms. The zero-order chi connectivity index (χ0) is 12.1. The number of hydrogen-bond acceptors (Lipinski definition) is 2. The van der Waals surface area contributed by atoms with Crippen LogP contribution in [0.2, 0.25) is 0 Å². The molecule has 0 bridgehead atoms. The number of carbonyl (C=O) groups is 1. The topological polar surface area (TPSA) is 20.3 Å². The molecular formula is C14H21NO. The van der Waals surface area contributed by atoms with Crippen molar-refractivity contribution in [3.63, 3.8) is 0 Å². The molecule has 1 aromatic rings. The highest BCUT2D eigenvalue weighted by Gasteiger charge is 2.09. The first-order valence-corrected chi connectivity index (χ1v) is 6.00. The number of benzene rings is 1. The normalized spacial score (nSPS) is 10.6. The minimum atomic E-state index is 0.208. The van der Waals surface area contributed by atoms with E-state index in [-0.39, 0.29) is 5.78 Å². The predicted molar refractivity (Wildman–Crippen MR) is 69.2 cm³/mol. The Hall–Kier alpha value is -1.31. The average Bonchev–Trinajstić information content (AvgIpc) is 2.29. The first-order chi connectivity index (χ1) is 7.60. The van der Waals surface area contributed by atoms with Crippen LogP contribution in [0.3, 0.4) is 0 Å². The number of nitrogens with zero attached hydrogens (tertiary/aromatic N) is 1. The van der Waals surface area contributed by atoms with Gasteiger partial charge in [0.2, 0.25) is 0 Å². The lowest BCUT2D eigenvalue weighted by atomic mass is 10.1. The third-order valence-electron chi connectivity index (χ3n) is 2.81. The van der Waals surface area contributed by atoms with E-state index in [4.69, 9.17) is 0 Å². The van der Waals surface area contributed by atoms with Gasteiger partial charge in [-0.15, -0.1) is 0 Å². The molecule has 0 spiro atoms. The highest BCUT2D eigenvalue weighted by Crippen LogP contribution is 2.18. The van der Waals surface area contributed by atoms with Gasteiger partial charge in [-0.3, -0.25) is 4.79 Å². The largest absolute Gasteiger partial charge is 0.369 e. The van der Waals surface area contributed by atoms with Crippen LogP contribution in [0, 0.1) is 0 Å². The molecule has 0 aliphatic rings. The molecule has 0 amide bonds. The zero-order valence-corrected chi connectivity index (χ0v) is 10.7. The van der Waals surface area contributed by atoms with Crippen molar-refractivity contribution in [3.05, 3.63) is 29.8 Å². The molecule has 0 aromatic heterocycles. The van der Waals surface area contributed by atoms with Crippen molar-refractivity contribution >= 4 is 11.5 Å². The molecule has 0 aliphatic carbocycles. The van der Waals surface area contributed by atoms with Crippen molar-refractivity contribution in [2.45, 2.75) is 40.2 Å². The van der Waals surface area contributed by atoms with Gasteiger partial charge in [-0.05, 0) is 45.0 Å². The summed E-state index contributed by atoms with van der Waals surface area (Å²) in [7, 11) is 0. The van der Waals surface area contributed by atoms with Gasteiger partial charge in [0.05, 0.1) is 0 Å². The molecule has 0 unspecified atom stereocenters. The monoisotopic (exact) mass is 219 g/mol. The summed E-state index contributed by atoms with van der Waals surface area (Å²) < 4.78 is 0. The summed E-state index contributed by atoms with van der Waals surface area (Å²) in [4.78, 5) is 13.8. The molecule has 0 atom stereocenters. The zero-order valence-electron chi connectivity index (χ0n) is 10.7. The Kier molecular flexibility index (Phi) is 4.53. The van der Waals surface area contributed by atoms with Crippen molar-refractivity contribution in [1.82, 2.24) is 0 Å². The smallest absolute Gasteiger partial charge is 0.162 e.